The zero-order valence-electron chi connectivity index (χ0n) is 14.8. The quantitative estimate of drug-likeness (QED) is 0.815. The second kappa shape index (κ2) is 7.04. The van der Waals surface area contributed by atoms with Crippen LogP contribution in [-0.2, 0) is 4.74 Å². The second-order valence-corrected chi connectivity index (χ2v) is 7.68. The molecule has 3 heterocycles. The van der Waals surface area contributed by atoms with Crippen LogP contribution in [0.2, 0.25) is 5.15 Å². The number of fused-ring (bicyclic) bond motifs is 1. The zero-order valence-corrected chi connectivity index (χ0v) is 15.5. The molecule has 1 aliphatic rings. The molecular formula is C18H23ClN4O2. The van der Waals surface area contributed by atoms with Crippen LogP contribution in [0, 0.1) is 0 Å². The minimum Gasteiger partial charge on any atom is -0.444 e. The van der Waals surface area contributed by atoms with Crippen molar-refractivity contribution in [3.8, 4) is 0 Å². The third kappa shape index (κ3) is 4.72. The molecule has 0 atom stereocenters. The smallest absolute Gasteiger partial charge is 0.410 e. The maximum atomic E-state index is 12.1. The fourth-order valence-corrected chi connectivity index (χ4v) is 2.98. The average molecular weight is 363 g/mol. The number of carbonyl (C=O) groups is 1. The van der Waals surface area contributed by atoms with Gasteiger partial charge in [0.05, 0.1) is 11.9 Å². The number of nitrogens with one attached hydrogen (secondary N) is 1. The Morgan fingerprint density at radius 3 is 2.72 bits per heavy atom. The van der Waals surface area contributed by atoms with E-state index in [0.717, 1.165) is 23.9 Å². The highest BCUT2D eigenvalue weighted by molar-refractivity contribution is 6.29. The summed E-state index contributed by atoms with van der Waals surface area (Å²) < 4.78 is 5.43. The number of pyridine rings is 2. The standard InChI is InChI=1S/C18H23ClN4O2/c1-18(2,3)25-17(24)23-8-6-13(7-9-23)21-14-10-12-4-5-15(19)22-16(12)20-11-14/h4-5,10-11,13,21H,6-9H2,1-3H3. The van der Waals surface area contributed by atoms with Crippen LogP contribution in [0.3, 0.4) is 0 Å². The van der Waals surface area contributed by atoms with Crippen molar-refractivity contribution in [1.29, 1.82) is 0 Å². The molecule has 1 fully saturated rings. The fourth-order valence-electron chi connectivity index (χ4n) is 2.84. The fraction of sp³-hybridized carbons (Fsp3) is 0.500. The first-order valence-electron chi connectivity index (χ1n) is 8.47. The highest BCUT2D eigenvalue weighted by atomic mass is 35.5. The lowest BCUT2D eigenvalue weighted by Crippen LogP contribution is -2.44. The Balaban J connectivity index is 1.57. The van der Waals surface area contributed by atoms with Gasteiger partial charge < -0.3 is 15.0 Å². The van der Waals surface area contributed by atoms with Gasteiger partial charge in [0.15, 0.2) is 5.65 Å². The van der Waals surface area contributed by atoms with Gasteiger partial charge in [-0.1, -0.05) is 11.6 Å². The molecule has 0 bridgehead atoms. The maximum Gasteiger partial charge on any atom is 0.410 e. The van der Waals surface area contributed by atoms with E-state index >= 15 is 0 Å². The predicted octanol–water partition coefficient (Wildman–Crippen LogP) is 4.09. The monoisotopic (exact) mass is 362 g/mol. The van der Waals surface area contributed by atoms with Crippen LogP contribution in [0.4, 0.5) is 10.5 Å². The highest BCUT2D eigenvalue weighted by Crippen LogP contribution is 2.21. The summed E-state index contributed by atoms with van der Waals surface area (Å²) in [6.45, 7) is 7.02. The largest absolute Gasteiger partial charge is 0.444 e. The molecule has 0 radical (unpaired) electrons. The van der Waals surface area contributed by atoms with Gasteiger partial charge in [0.25, 0.3) is 0 Å². The van der Waals surface area contributed by atoms with Crippen molar-refractivity contribution in [2.45, 2.75) is 45.3 Å². The van der Waals surface area contributed by atoms with E-state index in [1.54, 1.807) is 17.2 Å². The first-order valence-corrected chi connectivity index (χ1v) is 8.85. The van der Waals surface area contributed by atoms with Crippen LogP contribution in [-0.4, -0.2) is 45.7 Å². The van der Waals surface area contributed by atoms with E-state index in [4.69, 9.17) is 16.3 Å². The second-order valence-electron chi connectivity index (χ2n) is 7.29. The summed E-state index contributed by atoms with van der Waals surface area (Å²) in [5, 5.41) is 4.88. The SMILES string of the molecule is CC(C)(C)OC(=O)N1CCC(Nc2cnc3nc(Cl)ccc3c2)CC1. The molecule has 25 heavy (non-hydrogen) atoms. The number of nitrogens with zero attached hydrogens (tertiary/aromatic N) is 3. The Morgan fingerprint density at radius 1 is 1.32 bits per heavy atom. The van der Waals surface area contributed by atoms with Crippen molar-refractivity contribution >= 4 is 34.4 Å². The summed E-state index contributed by atoms with van der Waals surface area (Å²) in [7, 11) is 0. The van der Waals surface area contributed by atoms with Gasteiger partial charge in [-0.15, -0.1) is 0 Å². The molecule has 1 amide bonds. The molecule has 134 valence electrons. The lowest BCUT2D eigenvalue weighted by molar-refractivity contribution is 0.0210. The van der Waals surface area contributed by atoms with E-state index in [9.17, 15) is 4.79 Å². The van der Waals surface area contributed by atoms with Gasteiger partial charge in [0.1, 0.15) is 10.8 Å². The first-order chi connectivity index (χ1) is 11.8. The molecule has 1 N–H and O–H groups in total. The van der Waals surface area contributed by atoms with Gasteiger partial charge in [0, 0.05) is 24.5 Å². The van der Waals surface area contributed by atoms with Crippen LogP contribution in [0.25, 0.3) is 11.0 Å². The van der Waals surface area contributed by atoms with Crippen molar-refractivity contribution in [2.75, 3.05) is 18.4 Å². The molecule has 0 aliphatic carbocycles. The Bertz CT molecular complexity index is 767. The van der Waals surface area contributed by atoms with E-state index in [-0.39, 0.29) is 6.09 Å². The predicted molar refractivity (Wildman–Crippen MR) is 99.0 cm³/mol. The van der Waals surface area contributed by atoms with E-state index in [1.807, 2.05) is 32.9 Å². The molecule has 0 saturated carbocycles. The first kappa shape index (κ1) is 17.7. The van der Waals surface area contributed by atoms with E-state index in [0.29, 0.717) is 29.9 Å². The number of anilines is 1. The van der Waals surface area contributed by atoms with Gasteiger partial charge >= 0.3 is 6.09 Å². The van der Waals surface area contributed by atoms with Gasteiger partial charge in [-0.05, 0) is 51.8 Å². The number of hydrogen-bond acceptors (Lipinski definition) is 5. The molecule has 3 rings (SSSR count). The van der Waals surface area contributed by atoms with Crippen molar-refractivity contribution in [3.63, 3.8) is 0 Å². The molecule has 2 aromatic rings. The molecule has 0 aromatic carbocycles. The summed E-state index contributed by atoms with van der Waals surface area (Å²) >= 11 is 5.88. The van der Waals surface area contributed by atoms with Gasteiger partial charge in [-0.2, -0.15) is 0 Å². The van der Waals surface area contributed by atoms with Crippen LogP contribution in [0.5, 0.6) is 0 Å². The van der Waals surface area contributed by atoms with Gasteiger partial charge in [-0.25, -0.2) is 14.8 Å². The number of rotatable bonds is 2. The lowest BCUT2D eigenvalue weighted by Gasteiger charge is -2.34. The minimum absolute atomic E-state index is 0.235. The number of hydrogen-bond donors (Lipinski definition) is 1. The van der Waals surface area contributed by atoms with Crippen LogP contribution < -0.4 is 5.32 Å². The van der Waals surface area contributed by atoms with E-state index in [2.05, 4.69) is 15.3 Å². The zero-order chi connectivity index (χ0) is 18.0. The summed E-state index contributed by atoms with van der Waals surface area (Å²) in [5.74, 6) is 0. The number of aromatic nitrogens is 2. The average Bonchev–Trinajstić information content (AvgIpc) is 2.54. The molecule has 7 heteroatoms. The van der Waals surface area contributed by atoms with E-state index < -0.39 is 5.60 Å². The third-order valence-electron chi connectivity index (χ3n) is 4.03. The topological polar surface area (TPSA) is 67.3 Å². The molecular weight excluding hydrogens is 340 g/mol. The summed E-state index contributed by atoms with van der Waals surface area (Å²) in [6.07, 6.45) is 3.28. The molecule has 1 saturated heterocycles. The number of amides is 1. The molecule has 6 nitrogen and oxygen atoms in total. The van der Waals surface area contributed by atoms with Gasteiger partial charge in [-0.3, -0.25) is 0 Å². The highest BCUT2D eigenvalue weighted by Gasteiger charge is 2.26. The van der Waals surface area contributed by atoms with Crippen LogP contribution >= 0.6 is 11.6 Å². The molecule has 0 unspecified atom stereocenters. The van der Waals surface area contributed by atoms with Crippen LogP contribution in [0.1, 0.15) is 33.6 Å². The Labute approximate surface area is 152 Å². The third-order valence-corrected chi connectivity index (χ3v) is 4.24. The molecule has 2 aromatic heterocycles. The van der Waals surface area contributed by atoms with Crippen molar-refractivity contribution in [2.24, 2.45) is 0 Å². The minimum atomic E-state index is -0.458. The Kier molecular flexibility index (Phi) is 4.99. The van der Waals surface area contributed by atoms with Gasteiger partial charge in [0.2, 0.25) is 0 Å². The normalized spacial score (nSPS) is 16.1. The number of piperidine rings is 1. The molecule has 0 spiro atoms. The van der Waals surface area contributed by atoms with Crippen LogP contribution in [0.15, 0.2) is 24.4 Å². The lowest BCUT2D eigenvalue weighted by atomic mass is 10.1. The summed E-state index contributed by atoms with van der Waals surface area (Å²) in [6, 6.07) is 5.99. The maximum absolute atomic E-state index is 12.1. The van der Waals surface area contributed by atoms with E-state index in [1.165, 1.54) is 0 Å². The summed E-state index contributed by atoms with van der Waals surface area (Å²) in [4.78, 5) is 22.4. The Morgan fingerprint density at radius 2 is 2.04 bits per heavy atom. The number of carbonyl (C=O) groups excluding carboxylic acids is 1. The van der Waals surface area contributed by atoms with Crippen molar-refractivity contribution < 1.29 is 9.53 Å². The van der Waals surface area contributed by atoms with Crippen molar-refractivity contribution in [1.82, 2.24) is 14.9 Å². The number of halogens is 1. The number of likely N-dealkylation sites (tertiary alicyclic amines) is 1. The Hall–Kier alpha value is -2.08. The summed E-state index contributed by atoms with van der Waals surface area (Å²) in [5.41, 5.74) is 1.13. The van der Waals surface area contributed by atoms with Crippen molar-refractivity contribution in [3.05, 3.63) is 29.5 Å². The molecule has 1 aliphatic heterocycles. The number of ether oxygens (including phenoxy) is 1.